The SMILES string of the molecule is CC[Si]1(CC)C(Br)C(c2ccccc2)C(c2ccccc2)C1C1C(c2ccccc2)C(c2ccccc2)C(C2C(c3ccccc3)C(c3ccccc3)C(C3C(c4ccccc4)C(c4ccccc4)C(Br)[Si]3(CC)CC)[Si]2(CC)CC)[Si]1(CC)CC. The summed E-state index contributed by atoms with van der Waals surface area (Å²) in [5.74, 6) is 3.11. The predicted molar refractivity (Wildman–Crippen MR) is 388 cm³/mol. The van der Waals surface area contributed by atoms with Gasteiger partial charge in [0, 0.05) is 20.7 Å². The molecule has 0 aromatic heterocycles. The van der Waals surface area contributed by atoms with Crippen LogP contribution in [0.4, 0.5) is 0 Å². The molecule has 0 amide bonds. The van der Waals surface area contributed by atoms with Gasteiger partial charge in [-0.25, -0.2) is 0 Å². The van der Waals surface area contributed by atoms with Crippen molar-refractivity contribution in [1.82, 2.24) is 0 Å². The molecule has 4 aliphatic rings. The Hall–Kier alpha value is -4.41. The minimum Gasteiger partial charge on any atom is -0.0918 e. The van der Waals surface area contributed by atoms with Gasteiger partial charge in [0.05, 0.1) is 32.3 Å². The highest BCUT2D eigenvalue weighted by Gasteiger charge is 2.77. The van der Waals surface area contributed by atoms with E-state index in [1.807, 2.05) is 0 Å². The zero-order valence-electron chi connectivity index (χ0n) is 52.7. The second kappa shape index (κ2) is 26.2. The average molecular weight is 1330 g/mol. The smallest absolute Gasteiger partial charge is 0.0726 e. The molecule has 4 saturated heterocycles. The molecule has 0 nitrogen and oxygen atoms in total. The molecule has 4 heterocycles. The third-order valence-electron chi connectivity index (χ3n) is 25.5. The molecule has 4 aliphatic heterocycles. The first-order valence-corrected chi connectivity index (χ1v) is 45.9. The Labute approximate surface area is 540 Å². The maximum absolute atomic E-state index is 4.93. The van der Waals surface area contributed by atoms with Gasteiger partial charge < -0.3 is 0 Å². The van der Waals surface area contributed by atoms with Gasteiger partial charge in [0.2, 0.25) is 0 Å². The third kappa shape index (κ3) is 9.83. The fourth-order valence-corrected chi connectivity index (χ4v) is 60.4. The lowest BCUT2D eigenvalue weighted by molar-refractivity contribution is 0.433. The van der Waals surface area contributed by atoms with Crippen LogP contribution in [0, 0.1) is 0 Å². The van der Waals surface area contributed by atoms with Crippen LogP contribution < -0.4 is 0 Å². The summed E-state index contributed by atoms with van der Waals surface area (Å²) in [5, 5.41) is 0. The molecule has 446 valence electrons. The van der Waals surface area contributed by atoms with Crippen molar-refractivity contribution in [2.45, 2.75) is 193 Å². The number of benzene rings is 8. The van der Waals surface area contributed by atoms with Crippen molar-refractivity contribution in [3.05, 3.63) is 287 Å². The van der Waals surface area contributed by atoms with Crippen LogP contribution in [-0.2, 0) is 0 Å². The van der Waals surface area contributed by atoms with Crippen molar-refractivity contribution in [2.75, 3.05) is 0 Å². The molecule has 0 spiro atoms. The molecule has 86 heavy (non-hydrogen) atoms. The topological polar surface area (TPSA) is 0 Å². The van der Waals surface area contributed by atoms with E-state index in [1.54, 1.807) is 33.4 Å². The van der Waals surface area contributed by atoms with E-state index in [1.165, 1.54) is 59.5 Å². The molecular formula is C80H96Br2Si4. The Morgan fingerprint density at radius 2 is 0.326 bits per heavy atom. The molecule has 4 fully saturated rings. The number of alkyl halides is 2. The van der Waals surface area contributed by atoms with Gasteiger partial charge in [-0.05, 0) is 113 Å². The zero-order chi connectivity index (χ0) is 59.8. The fourth-order valence-electron chi connectivity index (χ4n) is 22.1. The van der Waals surface area contributed by atoms with Gasteiger partial charge in [0.1, 0.15) is 0 Å². The molecule has 0 aliphatic carbocycles. The van der Waals surface area contributed by atoms with E-state index in [9.17, 15) is 0 Å². The molecule has 0 bridgehead atoms. The summed E-state index contributed by atoms with van der Waals surface area (Å²) >= 11 is 9.86. The van der Waals surface area contributed by atoms with Crippen LogP contribution in [0.5, 0.6) is 0 Å². The Bertz CT molecular complexity index is 3160. The molecule has 6 heteroatoms. The fraction of sp³-hybridized carbons (Fsp3) is 0.400. The Kier molecular flexibility index (Phi) is 18.8. The molecule has 16 atom stereocenters. The van der Waals surface area contributed by atoms with Crippen LogP contribution >= 0.6 is 31.9 Å². The van der Waals surface area contributed by atoms with E-state index in [0.29, 0.717) is 89.5 Å². The maximum Gasteiger partial charge on any atom is 0.0726 e. The highest BCUT2D eigenvalue weighted by molar-refractivity contribution is 9.10. The van der Waals surface area contributed by atoms with Crippen molar-refractivity contribution in [2.24, 2.45) is 0 Å². The summed E-state index contributed by atoms with van der Waals surface area (Å²) in [6.07, 6.45) is 0. The van der Waals surface area contributed by atoms with Gasteiger partial charge in [-0.15, -0.1) is 0 Å². The molecule has 0 saturated carbocycles. The minimum absolute atomic E-state index is 0.377. The van der Waals surface area contributed by atoms with E-state index in [-0.39, 0.29) is 0 Å². The molecular weight excluding hydrogens is 1230 g/mol. The van der Waals surface area contributed by atoms with Gasteiger partial charge in [0.25, 0.3) is 0 Å². The quantitative estimate of drug-likeness (QED) is 0.0559. The largest absolute Gasteiger partial charge is 0.0918 e. The van der Waals surface area contributed by atoms with Crippen molar-refractivity contribution in [3.63, 3.8) is 0 Å². The van der Waals surface area contributed by atoms with E-state index in [0.717, 1.165) is 0 Å². The molecule has 8 aromatic carbocycles. The van der Waals surface area contributed by atoms with Crippen molar-refractivity contribution in [1.29, 1.82) is 0 Å². The van der Waals surface area contributed by atoms with Crippen LogP contribution in [0.25, 0.3) is 0 Å². The van der Waals surface area contributed by atoms with Crippen LogP contribution in [0.2, 0.25) is 81.6 Å². The highest BCUT2D eigenvalue weighted by atomic mass is 79.9. The second-order valence-corrected chi connectivity index (χ2v) is 51.6. The van der Waals surface area contributed by atoms with Gasteiger partial charge in [-0.2, -0.15) is 0 Å². The number of halogens is 2. The van der Waals surface area contributed by atoms with Gasteiger partial charge >= 0.3 is 0 Å². The van der Waals surface area contributed by atoms with Gasteiger partial charge in [0.15, 0.2) is 0 Å². The Balaban J connectivity index is 1.23. The van der Waals surface area contributed by atoms with Crippen LogP contribution in [-0.4, -0.2) is 41.2 Å². The van der Waals surface area contributed by atoms with Crippen LogP contribution in [0.3, 0.4) is 0 Å². The van der Waals surface area contributed by atoms with Crippen LogP contribution in [0.15, 0.2) is 243 Å². The van der Waals surface area contributed by atoms with Gasteiger partial charge in [-0.3, -0.25) is 0 Å². The first kappa shape index (κ1) is 61.8. The lowest BCUT2D eigenvalue weighted by Gasteiger charge is -2.54. The van der Waals surface area contributed by atoms with Crippen molar-refractivity contribution >= 4 is 64.2 Å². The normalized spacial score (nSPS) is 31.4. The Morgan fingerprint density at radius 3 is 0.477 bits per heavy atom. The highest BCUT2D eigenvalue weighted by Crippen LogP contribution is 2.85. The summed E-state index contributed by atoms with van der Waals surface area (Å²) < 4.78 is 0.911. The summed E-state index contributed by atoms with van der Waals surface area (Å²) in [6, 6.07) is 109. The minimum atomic E-state index is -2.58. The zero-order valence-corrected chi connectivity index (χ0v) is 59.9. The lowest BCUT2D eigenvalue weighted by Crippen LogP contribution is -2.55. The monoisotopic (exact) mass is 1330 g/mol. The van der Waals surface area contributed by atoms with E-state index < -0.39 is 32.3 Å². The lowest BCUT2D eigenvalue weighted by atomic mass is 9.69. The molecule has 12 rings (SSSR count). The van der Waals surface area contributed by atoms with Crippen molar-refractivity contribution < 1.29 is 0 Å². The molecule has 0 N–H and O–H groups in total. The first-order chi connectivity index (χ1) is 42.1. The number of hydrogen-bond acceptors (Lipinski definition) is 0. The Morgan fingerprint density at radius 1 is 0.198 bits per heavy atom. The third-order valence-corrected chi connectivity index (χ3v) is 58.8. The molecule has 16 unspecified atom stereocenters. The van der Waals surface area contributed by atoms with Gasteiger partial charge in [-0.1, -0.05) is 378 Å². The number of hydrogen-bond donors (Lipinski definition) is 0. The molecule has 8 aromatic rings. The standard InChI is InChI=1S/C80H96Br2Si4/c1-9-83(10-2)73(65(57-41-25-17-26-42-57)67(59-45-29-19-30-46-59)75(83)77-69(61-49-33-21-34-50-61)71(63-53-37-23-38-54-63)79(81)85(77,13-5)14-6)74-66(58-43-27-18-28-44-58)68(60-47-31-20-32-48-60)76(84(74,11-3)12-4)78-70(62-51-35-22-36-52-62)72(64-55-39-24-40-56-64)80(82)86(78,15-7)16-8/h17-56,65-80H,9-16H2,1-8H3. The maximum atomic E-state index is 4.93. The number of rotatable bonds is 19. The summed E-state index contributed by atoms with van der Waals surface area (Å²) in [4.78, 5) is 0. The van der Waals surface area contributed by atoms with Crippen LogP contribution in [0.1, 0.15) is 147 Å². The summed E-state index contributed by atoms with van der Waals surface area (Å²) in [7, 11) is -9.67. The average Bonchev–Trinajstić information content (AvgIpc) is 1.51. The van der Waals surface area contributed by atoms with E-state index in [2.05, 4.69) is 298 Å². The second-order valence-electron chi connectivity index (χ2n) is 27.2. The van der Waals surface area contributed by atoms with E-state index >= 15 is 0 Å². The van der Waals surface area contributed by atoms with E-state index in [4.69, 9.17) is 31.9 Å². The summed E-state index contributed by atoms with van der Waals surface area (Å²) in [5.41, 5.74) is 16.1. The van der Waals surface area contributed by atoms with Crippen molar-refractivity contribution in [3.8, 4) is 0 Å². The summed E-state index contributed by atoms with van der Waals surface area (Å²) in [6.45, 7) is 21.8. The molecule has 0 radical (unpaired) electrons. The first-order valence-electron chi connectivity index (χ1n) is 33.8. The predicted octanol–water partition coefficient (Wildman–Crippen LogP) is 24.1.